The van der Waals surface area contributed by atoms with Gasteiger partial charge >= 0.3 is 0 Å². The van der Waals surface area contributed by atoms with E-state index in [9.17, 15) is 0 Å². The fourth-order valence-corrected chi connectivity index (χ4v) is 3.08. The fraction of sp³-hybridized carbons (Fsp3) is 0.0833. The average Bonchev–Trinajstić information content (AvgIpc) is 2.75. The highest BCUT2D eigenvalue weighted by Gasteiger charge is 1.96. The Kier molecular flexibility index (Phi) is 4.35. The summed E-state index contributed by atoms with van der Waals surface area (Å²) in [5.41, 5.74) is 0. The van der Waals surface area contributed by atoms with E-state index in [1.165, 1.54) is 13.7 Å². The number of fused-ring (bicyclic) bond motifs is 1. The molecule has 4 heteroatoms. The van der Waals surface area contributed by atoms with Gasteiger partial charge in [0.2, 0.25) is 0 Å². The maximum atomic E-state index is 4.74. The van der Waals surface area contributed by atoms with E-state index < -0.39 is 0 Å². The first-order valence-electron chi connectivity index (χ1n) is 4.78. The molecule has 2 nitrogen and oxygen atoms in total. The number of rotatable bonds is 0. The summed E-state index contributed by atoms with van der Waals surface area (Å²) in [5, 5.41) is 3.57. The molecule has 16 heavy (non-hydrogen) atoms. The number of hydrogen-bond donors (Lipinski definition) is 0. The van der Waals surface area contributed by atoms with E-state index in [0.29, 0.717) is 6.61 Å². The van der Waals surface area contributed by atoms with Gasteiger partial charge in [0.15, 0.2) is 0 Å². The molecule has 1 aliphatic rings. The lowest BCUT2D eigenvalue weighted by molar-refractivity contribution is 0.300. The van der Waals surface area contributed by atoms with Gasteiger partial charge in [0.1, 0.15) is 12.9 Å². The molecule has 82 valence electrons. The van der Waals surface area contributed by atoms with Crippen LogP contribution >= 0.6 is 33.9 Å². The van der Waals surface area contributed by atoms with Crippen LogP contribution in [0.1, 0.15) is 0 Å². The van der Waals surface area contributed by atoms with Crippen molar-refractivity contribution in [1.29, 1.82) is 0 Å². The van der Waals surface area contributed by atoms with Crippen LogP contribution < -0.4 is 0 Å². The monoisotopic (exact) mass is 343 g/mol. The molecule has 0 aliphatic carbocycles. The molecule has 0 spiro atoms. The Balaban J connectivity index is 0.000000138. The van der Waals surface area contributed by atoms with Gasteiger partial charge in [0.25, 0.3) is 0 Å². The molecule has 2 heterocycles. The average molecular weight is 343 g/mol. The highest BCUT2D eigenvalue weighted by molar-refractivity contribution is 14.1. The van der Waals surface area contributed by atoms with Gasteiger partial charge in [-0.1, -0.05) is 18.2 Å². The summed E-state index contributed by atoms with van der Waals surface area (Å²) in [7, 11) is 0. The molecule has 0 fully saturated rings. The number of ether oxygens (including phenoxy) is 1. The van der Waals surface area contributed by atoms with Crippen molar-refractivity contribution in [3.05, 3.63) is 45.7 Å². The summed E-state index contributed by atoms with van der Waals surface area (Å²) in [5.74, 6) is 0. The SMILES string of the molecule is C1=COCC=N1.Ic1csc2ccccc12. The molecule has 0 saturated heterocycles. The van der Waals surface area contributed by atoms with Gasteiger partial charge in [-0.2, -0.15) is 0 Å². The zero-order valence-electron chi connectivity index (χ0n) is 8.47. The Morgan fingerprint density at radius 2 is 2.19 bits per heavy atom. The molecule has 0 atom stereocenters. The second kappa shape index (κ2) is 6.00. The largest absolute Gasteiger partial charge is 0.494 e. The van der Waals surface area contributed by atoms with Crippen LogP contribution in [0.25, 0.3) is 10.1 Å². The van der Waals surface area contributed by atoms with Crippen molar-refractivity contribution in [2.45, 2.75) is 0 Å². The molecule has 0 bridgehead atoms. The molecule has 1 aromatic carbocycles. The van der Waals surface area contributed by atoms with Crippen LogP contribution in [-0.2, 0) is 4.74 Å². The Bertz CT molecular complexity index is 506. The molecular weight excluding hydrogens is 333 g/mol. The van der Waals surface area contributed by atoms with Gasteiger partial charge in [-0.05, 0) is 28.7 Å². The molecule has 2 aromatic rings. The Morgan fingerprint density at radius 3 is 2.75 bits per heavy atom. The van der Waals surface area contributed by atoms with Crippen LogP contribution in [0.5, 0.6) is 0 Å². The summed E-state index contributed by atoms with van der Waals surface area (Å²) in [6.45, 7) is 0.622. The normalized spacial score (nSPS) is 13.1. The van der Waals surface area contributed by atoms with E-state index >= 15 is 0 Å². The van der Waals surface area contributed by atoms with Crippen LogP contribution in [-0.4, -0.2) is 12.8 Å². The number of benzene rings is 1. The van der Waals surface area contributed by atoms with Crippen LogP contribution in [0.3, 0.4) is 0 Å². The van der Waals surface area contributed by atoms with E-state index in [1.807, 2.05) is 0 Å². The predicted molar refractivity (Wildman–Crippen MR) is 78.1 cm³/mol. The number of aliphatic imine (C=N–C) groups is 1. The summed E-state index contributed by atoms with van der Waals surface area (Å²) in [4.78, 5) is 3.75. The van der Waals surface area contributed by atoms with Crippen LogP contribution in [0.15, 0.2) is 47.1 Å². The Morgan fingerprint density at radius 1 is 1.31 bits per heavy atom. The number of hydrogen-bond acceptors (Lipinski definition) is 3. The number of thiophene rings is 1. The second-order valence-electron chi connectivity index (χ2n) is 3.03. The lowest BCUT2D eigenvalue weighted by Gasteiger charge is -1.94. The zero-order valence-corrected chi connectivity index (χ0v) is 11.4. The molecule has 0 unspecified atom stereocenters. The highest BCUT2D eigenvalue weighted by Crippen LogP contribution is 2.26. The summed E-state index contributed by atoms with van der Waals surface area (Å²) >= 11 is 4.17. The fourth-order valence-electron chi connectivity index (χ4n) is 1.23. The third-order valence-electron chi connectivity index (χ3n) is 1.95. The second-order valence-corrected chi connectivity index (χ2v) is 5.10. The van der Waals surface area contributed by atoms with E-state index in [2.05, 4.69) is 57.2 Å². The molecule has 1 aromatic heterocycles. The van der Waals surface area contributed by atoms with Crippen molar-refractivity contribution in [2.24, 2.45) is 4.99 Å². The van der Waals surface area contributed by atoms with Gasteiger partial charge in [-0.15, -0.1) is 11.3 Å². The molecule has 3 rings (SSSR count). The van der Waals surface area contributed by atoms with E-state index in [0.717, 1.165) is 0 Å². The Labute approximate surface area is 112 Å². The highest BCUT2D eigenvalue weighted by atomic mass is 127. The van der Waals surface area contributed by atoms with Crippen molar-refractivity contribution in [3.8, 4) is 0 Å². The van der Waals surface area contributed by atoms with Gasteiger partial charge in [0.05, 0.1) is 6.20 Å². The molecule has 0 radical (unpaired) electrons. The minimum Gasteiger partial charge on any atom is -0.494 e. The van der Waals surface area contributed by atoms with Gasteiger partial charge in [0, 0.05) is 25.3 Å². The van der Waals surface area contributed by atoms with Crippen molar-refractivity contribution in [1.82, 2.24) is 0 Å². The topological polar surface area (TPSA) is 21.6 Å². The van der Waals surface area contributed by atoms with Crippen molar-refractivity contribution in [2.75, 3.05) is 6.61 Å². The standard InChI is InChI=1S/C8H5IS.C4H5NO/c9-7-5-10-8-4-2-1-3-6(7)8;1-3-6-4-2-5-1/h1-5H;1-3H,4H2. The summed E-state index contributed by atoms with van der Waals surface area (Å²) in [6.07, 6.45) is 4.89. The lowest BCUT2D eigenvalue weighted by atomic mass is 10.3. The van der Waals surface area contributed by atoms with Crippen molar-refractivity contribution < 1.29 is 4.74 Å². The van der Waals surface area contributed by atoms with Crippen LogP contribution in [0.2, 0.25) is 0 Å². The quantitative estimate of drug-likeness (QED) is 0.661. The summed E-state index contributed by atoms with van der Waals surface area (Å²) in [6, 6.07) is 8.47. The first-order chi connectivity index (χ1) is 7.88. The predicted octanol–water partition coefficient (Wildman–Crippen LogP) is 4.06. The van der Waals surface area contributed by atoms with Crippen LogP contribution in [0, 0.1) is 3.57 Å². The summed E-state index contributed by atoms with van der Waals surface area (Å²) < 4.78 is 7.48. The molecular formula is C12H10INOS. The first kappa shape index (κ1) is 11.6. The first-order valence-corrected chi connectivity index (χ1v) is 6.74. The minimum absolute atomic E-state index is 0.622. The van der Waals surface area contributed by atoms with Gasteiger partial charge < -0.3 is 4.74 Å². The van der Waals surface area contributed by atoms with Crippen molar-refractivity contribution >= 4 is 50.2 Å². The van der Waals surface area contributed by atoms with Gasteiger partial charge in [-0.3, -0.25) is 4.99 Å². The third kappa shape index (κ3) is 3.05. The maximum absolute atomic E-state index is 4.74. The van der Waals surface area contributed by atoms with E-state index in [-0.39, 0.29) is 0 Å². The third-order valence-corrected chi connectivity index (χ3v) is 4.23. The van der Waals surface area contributed by atoms with E-state index in [4.69, 9.17) is 4.74 Å². The smallest absolute Gasteiger partial charge is 0.123 e. The molecule has 0 amide bonds. The lowest BCUT2D eigenvalue weighted by Crippen LogP contribution is -1.90. The Hall–Kier alpha value is -0.880. The molecule has 0 saturated carbocycles. The number of halogens is 1. The van der Waals surface area contributed by atoms with Gasteiger partial charge in [-0.25, -0.2) is 0 Å². The van der Waals surface area contributed by atoms with Crippen LogP contribution in [0.4, 0.5) is 0 Å². The maximum Gasteiger partial charge on any atom is 0.123 e. The zero-order chi connectivity index (χ0) is 11.2. The minimum atomic E-state index is 0.622. The molecule has 1 aliphatic heterocycles. The van der Waals surface area contributed by atoms with Crippen molar-refractivity contribution in [3.63, 3.8) is 0 Å². The molecule has 0 N–H and O–H groups in total. The van der Waals surface area contributed by atoms with E-state index in [1.54, 1.807) is 30.0 Å². The number of nitrogens with zero attached hydrogens (tertiary/aromatic N) is 1.